The van der Waals surface area contributed by atoms with Crippen LogP contribution in [0.15, 0.2) is 24.3 Å². The third-order valence-corrected chi connectivity index (χ3v) is 4.57. The minimum absolute atomic E-state index is 0.244. The van der Waals surface area contributed by atoms with E-state index in [-0.39, 0.29) is 11.7 Å². The van der Waals surface area contributed by atoms with Gasteiger partial charge in [-0.1, -0.05) is 0 Å². The molecule has 0 aliphatic heterocycles. The van der Waals surface area contributed by atoms with Crippen LogP contribution in [-0.2, 0) is 11.8 Å². The van der Waals surface area contributed by atoms with Crippen molar-refractivity contribution in [1.29, 1.82) is 0 Å². The molecule has 0 radical (unpaired) electrons. The first-order valence-electron chi connectivity index (χ1n) is 7.88. The van der Waals surface area contributed by atoms with E-state index in [1.165, 1.54) is 12.1 Å². The third-order valence-electron chi connectivity index (χ3n) is 4.57. The predicted molar refractivity (Wildman–Crippen MR) is 82.3 cm³/mol. The van der Waals surface area contributed by atoms with Gasteiger partial charge in [0.25, 0.3) is 5.92 Å². The van der Waals surface area contributed by atoms with Crippen molar-refractivity contribution in [1.82, 2.24) is 9.78 Å². The SMILES string of the molecule is Cn1nc(NC(=O)[C@@H]2CC2(F)F)c(C2CC2)c1-c1ccc(F)cc1. The Balaban J connectivity index is 1.69. The largest absolute Gasteiger partial charge is 0.309 e. The van der Waals surface area contributed by atoms with Crippen molar-refractivity contribution in [3.63, 3.8) is 0 Å². The third kappa shape index (κ3) is 2.57. The molecule has 126 valence electrons. The lowest BCUT2D eigenvalue weighted by Crippen LogP contribution is -2.18. The molecular formula is C17H16F3N3O. The quantitative estimate of drug-likeness (QED) is 0.926. The fourth-order valence-corrected chi connectivity index (χ4v) is 3.04. The van der Waals surface area contributed by atoms with Gasteiger partial charge < -0.3 is 5.32 Å². The van der Waals surface area contributed by atoms with Crippen molar-refractivity contribution in [3.05, 3.63) is 35.6 Å². The lowest BCUT2D eigenvalue weighted by atomic mass is 10.0. The molecular weight excluding hydrogens is 319 g/mol. The number of anilines is 1. The summed E-state index contributed by atoms with van der Waals surface area (Å²) in [5.41, 5.74) is 2.42. The normalized spacial score (nSPS) is 21.6. The number of nitrogens with one attached hydrogen (secondary N) is 1. The highest BCUT2D eigenvalue weighted by molar-refractivity contribution is 5.96. The summed E-state index contributed by atoms with van der Waals surface area (Å²) in [6.45, 7) is 0. The van der Waals surface area contributed by atoms with Crippen LogP contribution in [0.1, 0.15) is 30.7 Å². The van der Waals surface area contributed by atoms with E-state index in [0.29, 0.717) is 5.82 Å². The zero-order valence-electron chi connectivity index (χ0n) is 13.0. The van der Waals surface area contributed by atoms with Crippen LogP contribution < -0.4 is 5.32 Å². The number of hydrogen-bond acceptors (Lipinski definition) is 2. The van der Waals surface area contributed by atoms with Crippen LogP contribution in [0, 0.1) is 11.7 Å². The summed E-state index contributed by atoms with van der Waals surface area (Å²) >= 11 is 0. The van der Waals surface area contributed by atoms with Crippen LogP contribution in [-0.4, -0.2) is 21.6 Å². The number of aryl methyl sites for hydroxylation is 1. The number of benzene rings is 1. The highest BCUT2D eigenvalue weighted by Gasteiger charge is 2.61. The second kappa shape index (κ2) is 5.09. The van der Waals surface area contributed by atoms with Crippen LogP contribution in [0.2, 0.25) is 0 Å². The molecule has 2 aliphatic carbocycles. The van der Waals surface area contributed by atoms with Gasteiger partial charge in [0.05, 0.1) is 5.69 Å². The molecule has 7 heteroatoms. The van der Waals surface area contributed by atoms with Gasteiger partial charge in [-0.15, -0.1) is 0 Å². The lowest BCUT2D eigenvalue weighted by molar-refractivity contribution is -0.119. The number of nitrogens with zero attached hydrogens (tertiary/aromatic N) is 2. The summed E-state index contributed by atoms with van der Waals surface area (Å²) in [5, 5.41) is 6.88. The van der Waals surface area contributed by atoms with Crippen molar-refractivity contribution in [3.8, 4) is 11.3 Å². The first-order valence-corrected chi connectivity index (χ1v) is 7.88. The highest BCUT2D eigenvalue weighted by atomic mass is 19.3. The average Bonchev–Trinajstić information content (AvgIpc) is 3.42. The minimum atomic E-state index is -2.90. The van der Waals surface area contributed by atoms with Crippen molar-refractivity contribution in [2.75, 3.05) is 5.32 Å². The molecule has 2 aromatic rings. The summed E-state index contributed by atoms with van der Waals surface area (Å²) in [7, 11) is 1.73. The van der Waals surface area contributed by atoms with Crippen molar-refractivity contribution < 1.29 is 18.0 Å². The van der Waals surface area contributed by atoms with Crippen LogP contribution in [0.4, 0.5) is 19.0 Å². The molecule has 1 heterocycles. The Hall–Kier alpha value is -2.31. The van der Waals surface area contributed by atoms with E-state index in [1.807, 2.05) is 0 Å². The number of rotatable bonds is 4. The fraction of sp³-hybridized carbons (Fsp3) is 0.412. The fourth-order valence-electron chi connectivity index (χ4n) is 3.04. The van der Waals surface area contributed by atoms with Gasteiger partial charge in [0.2, 0.25) is 5.91 Å². The van der Waals surface area contributed by atoms with Gasteiger partial charge in [-0.2, -0.15) is 5.10 Å². The molecule has 2 fully saturated rings. The maximum atomic E-state index is 13.2. The zero-order valence-corrected chi connectivity index (χ0v) is 13.0. The molecule has 0 bridgehead atoms. The molecule has 2 aliphatic rings. The van der Waals surface area contributed by atoms with Gasteiger partial charge in [0, 0.05) is 24.6 Å². The molecule has 0 unspecified atom stereocenters. The molecule has 0 saturated heterocycles. The van der Waals surface area contributed by atoms with E-state index in [9.17, 15) is 18.0 Å². The number of carbonyl (C=O) groups is 1. The lowest BCUT2D eigenvalue weighted by Gasteiger charge is -2.07. The molecule has 2 saturated carbocycles. The van der Waals surface area contributed by atoms with Gasteiger partial charge in [-0.3, -0.25) is 9.48 Å². The van der Waals surface area contributed by atoms with Gasteiger partial charge in [0.1, 0.15) is 11.7 Å². The van der Waals surface area contributed by atoms with Gasteiger partial charge in [-0.25, -0.2) is 13.2 Å². The summed E-state index contributed by atoms with van der Waals surface area (Å²) in [4.78, 5) is 12.0. The Morgan fingerprint density at radius 2 is 1.92 bits per heavy atom. The van der Waals surface area contributed by atoms with E-state index >= 15 is 0 Å². The Kier molecular flexibility index (Phi) is 3.23. The zero-order chi connectivity index (χ0) is 17.1. The van der Waals surface area contributed by atoms with E-state index in [0.717, 1.165) is 29.7 Å². The Labute approximate surface area is 136 Å². The van der Waals surface area contributed by atoms with E-state index in [1.54, 1.807) is 23.9 Å². The average molecular weight is 335 g/mol. The number of alkyl halides is 2. The molecule has 1 N–H and O–H groups in total. The summed E-state index contributed by atoms with van der Waals surface area (Å²) in [6.07, 6.45) is 1.51. The number of carbonyl (C=O) groups excluding carboxylic acids is 1. The van der Waals surface area contributed by atoms with Crippen molar-refractivity contribution in [2.24, 2.45) is 13.0 Å². The number of hydrogen-bond donors (Lipinski definition) is 1. The Morgan fingerprint density at radius 3 is 2.46 bits per heavy atom. The minimum Gasteiger partial charge on any atom is -0.309 e. The first-order chi connectivity index (χ1) is 11.4. The molecule has 4 nitrogen and oxygen atoms in total. The van der Waals surface area contributed by atoms with Gasteiger partial charge >= 0.3 is 0 Å². The van der Waals surface area contributed by atoms with Crippen LogP contribution in [0.5, 0.6) is 0 Å². The van der Waals surface area contributed by atoms with Gasteiger partial charge in [0.15, 0.2) is 5.82 Å². The standard InChI is InChI=1S/C17H16F3N3O/c1-23-14(10-4-6-11(18)7-5-10)13(9-2-3-9)15(22-23)21-16(24)12-8-17(12,19)20/h4-7,9,12H,2-3,8H2,1H3,(H,21,22,24)/t12-/m0/s1. The topological polar surface area (TPSA) is 46.9 Å². The van der Waals surface area contributed by atoms with E-state index in [4.69, 9.17) is 0 Å². The van der Waals surface area contributed by atoms with Crippen molar-refractivity contribution in [2.45, 2.75) is 31.1 Å². The summed E-state index contributed by atoms with van der Waals surface area (Å²) in [6, 6.07) is 6.03. The second-order valence-electron chi connectivity index (χ2n) is 6.52. The van der Waals surface area contributed by atoms with Crippen LogP contribution in [0.3, 0.4) is 0 Å². The molecule has 4 rings (SSSR count). The van der Waals surface area contributed by atoms with E-state index in [2.05, 4.69) is 10.4 Å². The Bertz CT molecular complexity index is 809. The molecule has 0 spiro atoms. The molecule has 24 heavy (non-hydrogen) atoms. The molecule has 1 amide bonds. The molecule has 1 aromatic carbocycles. The van der Waals surface area contributed by atoms with Crippen LogP contribution >= 0.6 is 0 Å². The van der Waals surface area contributed by atoms with Gasteiger partial charge in [-0.05, 0) is 43.0 Å². The smallest absolute Gasteiger partial charge is 0.260 e. The maximum absolute atomic E-state index is 13.2. The summed E-state index contributed by atoms with van der Waals surface area (Å²) < 4.78 is 41.0. The van der Waals surface area contributed by atoms with Crippen LogP contribution in [0.25, 0.3) is 11.3 Å². The predicted octanol–water partition coefficient (Wildman–Crippen LogP) is 3.70. The number of halogens is 3. The van der Waals surface area contributed by atoms with E-state index < -0.39 is 24.2 Å². The molecule has 1 atom stereocenters. The number of aromatic nitrogens is 2. The summed E-state index contributed by atoms with van der Waals surface area (Å²) in [5.74, 6) is -4.61. The monoisotopic (exact) mass is 335 g/mol. The second-order valence-corrected chi connectivity index (χ2v) is 6.52. The van der Waals surface area contributed by atoms with Crippen molar-refractivity contribution >= 4 is 11.7 Å². The molecule has 1 aromatic heterocycles. The highest BCUT2D eigenvalue weighted by Crippen LogP contribution is 2.51. The first kappa shape index (κ1) is 15.2. The number of amides is 1. The Morgan fingerprint density at radius 1 is 1.29 bits per heavy atom. The maximum Gasteiger partial charge on any atom is 0.260 e.